The predicted octanol–water partition coefficient (Wildman–Crippen LogP) is 4.26. The summed E-state index contributed by atoms with van der Waals surface area (Å²) in [7, 11) is 0. The van der Waals surface area contributed by atoms with Crippen molar-refractivity contribution in [3.63, 3.8) is 0 Å². The zero-order chi connectivity index (χ0) is 20.8. The lowest BCUT2D eigenvalue weighted by molar-refractivity contribution is -0.645. The minimum absolute atomic E-state index is 0.0478. The van der Waals surface area contributed by atoms with Gasteiger partial charge in [-0.05, 0) is 37.2 Å². The summed E-state index contributed by atoms with van der Waals surface area (Å²) in [6, 6.07) is 14.6. The van der Waals surface area contributed by atoms with Crippen LogP contribution in [-0.2, 0) is 9.53 Å². The van der Waals surface area contributed by atoms with E-state index in [1.165, 1.54) is 17.5 Å². The fourth-order valence-corrected chi connectivity index (χ4v) is 4.60. The van der Waals surface area contributed by atoms with Gasteiger partial charge in [-0.15, -0.1) is 11.3 Å². The number of esters is 1. The highest BCUT2D eigenvalue weighted by Gasteiger charge is 2.25. The normalized spacial score (nSPS) is 10.6. The molecule has 1 N–H and O–H groups in total. The Labute approximate surface area is 177 Å². The molecule has 0 bridgehead atoms. The third-order valence-electron chi connectivity index (χ3n) is 4.02. The SMILES string of the molecule is CCOC(=O)c1c(NC(=O)CSc2cccc[n+]2[O-])sc(C)c1-c1ccccc1. The van der Waals surface area contributed by atoms with Crippen molar-refractivity contribution in [2.75, 3.05) is 17.7 Å². The summed E-state index contributed by atoms with van der Waals surface area (Å²) in [5.41, 5.74) is 2.01. The first-order valence-corrected chi connectivity index (χ1v) is 10.8. The van der Waals surface area contributed by atoms with Crippen LogP contribution in [0, 0.1) is 12.1 Å². The molecule has 150 valence electrons. The number of benzene rings is 1. The van der Waals surface area contributed by atoms with E-state index in [-0.39, 0.29) is 18.3 Å². The monoisotopic (exact) mass is 428 g/mol. The molecule has 0 aliphatic heterocycles. The molecule has 0 spiro atoms. The molecule has 8 heteroatoms. The van der Waals surface area contributed by atoms with Crippen molar-refractivity contribution in [1.82, 2.24) is 0 Å². The standard InChI is InChI=1S/C21H20N2O4S2/c1-3-27-21(25)19-18(15-9-5-4-6-10-15)14(2)29-20(19)22-16(24)13-28-17-11-7-8-12-23(17)26/h4-12H,3,13H2,1-2H3,(H,22,24). The quantitative estimate of drug-likeness (QED) is 0.263. The number of rotatable bonds is 7. The van der Waals surface area contributed by atoms with E-state index in [9.17, 15) is 14.8 Å². The number of amides is 1. The number of nitrogens with one attached hydrogen (secondary N) is 1. The number of thiophene rings is 1. The Kier molecular flexibility index (Phi) is 6.90. The molecule has 0 saturated heterocycles. The predicted molar refractivity (Wildman–Crippen MR) is 115 cm³/mol. The van der Waals surface area contributed by atoms with Crippen molar-refractivity contribution in [3.8, 4) is 11.1 Å². The van der Waals surface area contributed by atoms with E-state index in [0.717, 1.165) is 27.8 Å². The summed E-state index contributed by atoms with van der Waals surface area (Å²) in [5.74, 6) is -0.726. The fraction of sp³-hybridized carbons (Fsp3) is 0.190. The zero-order valence-corrected chi connectivity index (χ0v) is 17.6. The summed E-state index contributed by atoms with van der Waals surface area (Å²) >= 11 is 2.47. The molecule has 3 aromatic rings. The van der Waals surface area contributed by atoms with E-state index in [0.29, 0.717) is 20.3 Å². The first-order chi connectivity index (χ1) is 14.0. The second-order valence-electron chi connectivity index (χ2n) is 6.03. The number of thioether (sulfide) groups is 1. The van der Waals surface area contributed by atoms with Gasteiger partial charge in [-0.25, -0.2) is 4.79 Å². The summed E-state index contributed by atoms with van der Waals surface area (Å²) in [6.45, 7) is 3.89. The van der Waals surface area contributed by atoms with E-state index in [1.807, 2.05) is 37.3 Å². The van der Waals surface area contributed by atoms with E-state index in [4.69, 9.17) is 4.74 Å². The van der Waals surface area contributed by atoms with Gasteiger partial charge < -0.3 is 15.3 Å². The lowest BCUT2D eigenvalue weighted by Crippen LogP contribution is -2.28. The number of anilines is 1. The van der Waals surface area contributed by atoms with Crippen molar-refractivity contribution < 1.29 is 19.1 Å². The Morgan fingerprint density at radius 3 is 2.59 bits per heavy atom. The van der Waals surface area contributed by atoms with Crippen molar-refractivity contribution >= 4 is 40.0 Å². The van der Waals surface area contributed by atoms with E-state index < -0.39 is 5.97 Å². The molecule has 1 amide bonds. The van der Waals surface area contributed by atoms with Crippen LogP contribution in [0.3, 0.4) is 0 Å². The Morgan fingerprint density at radius 1 is 1.17 bits per heavy atom. The lowest BCUT2D eigenvalue weighted by Gasteiger charge is -2.09. The molecule has 0 unspecified atom stereocenters. The Hall–Kier alpha value is -2.84. The minimum atomic E-state index is -0.473. The third kappa shape index (κ3) is 4.96. The molecule has 0 aliphatic carbocycles. The summed E-state index contributed by atoms with van der Waals surface area (Å²) < 4.78 is 5.95. The highest BCUT2D eigenvalue weighted by atomic mass is 32.2. The number of aromatic nitrogens is 1. The molecular weight excluding hydrogens is 408 g/mol. The Morgan fingerprint density at radius 2 is 1.90 bits per heavy atom. The van der Waals surface area contributed by atoms with Crippen molar-refractivity contribution in [1.29, 1.82) is 0 Å². The van der Waals surface area contributed by atoms with Gasteiger partial charge >= 0.3 is 5.97 Å². The molecule has 1 aromatic carbocycles. The van der Waals surface area contributed by atoms with Crippen LogP contribution in [0.5, 0.6) is 0 Å². The molecule has 0 saturated carbocycles. The van der Waals surface area contributed by atoms with E-state index in [1.54, 1.807) is 25.1 Å². The van der Waals surface area contributed by atoms with E-state index in [2.05, 4.69) is 5.32 Å². The largest absolute Gasteiger partial charge is 0.618 e. The maximum Gasteiger partial charge on any atom is 0.341 e. The first kappa shape index (κ1) is 20.9. The second-order valence-corrected chi connectivity index (χ2v) is 8.25. The zero-order valence-electron chi connectivity index (χ0n) is 16.0. The molecule has 0 fully saturated rings. The van der Waals surface area contributed by atoms with Crippen molar-refractivity contribution in [2.45, 2.75) is 18.9 Å². The number of carbonyl (C=O) groups is 2. The first-order valence-electron chi connectivity index (χ1n) is 8.98. The van der Waals surface area contributed by atoms with Crippen LogP contribution in [0.2, 0.25) is 0 Å². The van der Waals surface area contributed by atoms with Crippen LogP contribution in [0.15, 0.2) is 59.8 Å². The summed E-state index contributed by atoms with van der Waals surface area (Å²) in [5, 5.41) is 15.4. The molecule has 0 aliphatic rings. The molecule has 0 radical (unpaired) electrons. The van der Waals surface area contributed by atoms with Crippen molar-refractivity contribution in [2.24, 2.45) is 0 Å². The number of pyridine rings is 1. The number of ether oxygens (including phenoxy) is 1. The summed E-state index contributed by atoms with van der Waals surface area (Å²) in [6.07, 6.45) is 1.38. The second kappa shape index (κ2) is 9.58. The molecule has 3 rings (SSSR count). The fourth-order valence-electron chi connectivity index (χ4n) is 2.81. The van der Waals surface area contributed by atoms with Crippen LogP contribution in [0.1, 0.15) is 22.2 Å². The highest BCUT2D eigenvalue weighted by molar-refractivity contribution is 7.99. The third-order valence-corrected chi connectivity index (χ3v) is 6.06. The molecule has 6 nitrogen and oxygen atoms in total. The Balaban J connectivity index is 1.85. The molecule has 29 heavy (non-hydrogen) atoms. The van der Waals surface area contributed by atoms with Crippen LogP contribution in [0.4, 0.5) is 5.00 Å². The highest BCUT2D eigenvalue weighted by Crippen LogP contribution is 2.40. The lowest BCUT2D eigenvalue weighted by atomic mass is 10.0. The van der Waals surface area contributed by atoms with Crippen LogP contribution < -0.4 is 10.0 Å². The smallest absolute Gasteiger partial charge is 0.341 e. The molecule has 0 atom stereocenters. The average Bonchev–Trinajstić information content (AvgIpc) is 3.04. The van der Waals surface area contributed by atoms with Crippen LogP contribution in [-0.4, -0.2) is 24.2 Å². The topological polar surface area (TPSA) is 82.3 Å². The van der Waals surface area contributed by atoms with Gasteiger partial charge in [-0.2, -0.15) is 4.73 Å². The number of aryl methyl sites for hydroxylation is 1. The van der Waals surface area contributed by atoms with Crippen molar-refractivity contribution in [3.05, 3.63) is 70.4 Å². The van der Waals surface area contributed by atoms with Gasteiger partial charge in [0, 0.05) is 22.6 Å². The number of nitrogens with zero attached hydrogens (tertiary/aromatic N) is 1. The van der Waals surface area contributed by atoms with Gasteiger partial charge in [0.25, 0.3) is 5.03 Å². The maximum atomic E-state index is 12.7. The van der Waals surface area contributed by atoms with Gasteiger partial charge in [0.05, 0.1) is 12.4 Å². The van der Waals surface area contributed by atoms with Gasteiger partial charge in [-0.3, -0.25) is 4.79 Å². The van der Waals surface area contributed by atoms with E-state index >= 15 is 0 Å². The Bertz CT molecular complexity index is 1020. The molecule has 2 aromatic heterocycles. The van der Waals surface area contributed by atoms with Crippen LogP contribution >= 0.6 is 23.1 Å². The van der Waals surface area contributed by atoms with Gasteiger partial charge in [0.15, 0.2) is 6.20 Å². The maximum absolute atomic E-state index is 12.7. The molecule has 2 heterocycles. The van der Waals surface area contributed by atoms with Gasteiger partial charge in [0.1, 0.15) is 10.6 Å². The average molecular weight is 429 g/mol. The number of hydrogen-bond acceptors (Lipinski definition) is 6. The van der Waals surface area contributed by atoms with Gasteiger partial charge in [0.2, 0.25) is 5.91 Å². The number of carbonyl (C=O) groups excluding carboxylic acids is 2. The van der Waals surface area contributed by atoms with Crippen LogP contribution in [0.25, 0.3) is 11.1 Å². The minimum Gasteiger partial charge on any atom is -0.618 e. The molecular formula is C21H20N2O4S2. The number of hydrogen-bond donors (Lipinski definition) is 1. The summed E-state index contributed by atoms with van der Waals surface area (Å²) in [4.78, 5) is 26.1. The van der Waals surface area contributed by atoms with Gasteiger partial charge in [-0.1, -0.05) is 30.3 Å².